The fourth-order valence-corrected chi connectivity index (χ4v) is 1.99. The number of hydrogen-bond donors (Lipinski definition) is 1. The lowest BCUT2D eigenvalue weighted by molar-refractivity contribution is 0.0525. The van der Waals surface area contributed by atoms with Gasteiger partial charge in [0.05, 0.1) is 12.3 Å². The van der Waals surface area contributed by atoms with Gasteiger partial charge in [-0.05, 0) is 12.8 Å². The molecule has 1 N–H and O–H groups in total. The lowest BCUT2D eigenvalue weighted by atomic mass is 10.0. The third-order valence-electron chi connectivity index (χ3n) is 2.90. The SMILES string of the molecule is CCOC(=O)c1c(-c2ccccc2)n[nH]c1C(C)C. The molecule has 19 heavy (non-hydrogen) atoms. The number of aromatic nitrogens is 2. The second kappa shape index (κ2) is 5.69. The van der Waals surface area contributed by atoms with Crippen LogP contribution in [-0.2, 0) is 4.74 Å². The number of aromatic amines is 1. The maximum absolute atomic E-state index is 12.1. The van der Waals surface area contributed by atoms with Gasteiger partial charge in [0.15, 0.2) is 0 Å². The minimum atomic E-state index is -0.321. The highest BCUT2D eigenvalue weighted by Crippen LogP contribution is 2.28. The van der Waals surface area contributed by atoms with Crippen LogP contribution in [0.5, 0.6) is 0 Å². The first-order valence-corrected chi connectivity index (χ1v) is 6.46. The van der Waals surface area contributed by atoms with Crippen LogP contribution in [0.15, 0.2) is 30.3 Å². The van der Waals surface area contributed by atoms with E-state index in [-0.39, 0.29) is 11.9 Å². The molecular weight excluding hydrogens is 240 g/mol. The van der Waals surface area contributed by atoms with Gasteiger partial charge in [-0.3, -0.25) is 5.10 Å². The van der Waals surface area contributed by atoms with Gasteiger partial charge in [0.2, 0.25) is 0 Å². The van der Waals surface area contributed by atoms with E-state index in [1.54, 1.807) is 6.92 Å². The number of carbonyl (C=O) groups excluding carboxylic acids is 1. The monoisotopic (exact) mass is 258 g/mol. The van der Waals surface area contributed by atoms with Crippen LogP contribution in [-0.4, -0.2) is 22.8 Å². The third kappa shape index (κ3) is 2.67. The Labute approximate surface area is 112 Å². The zero-order chi connectivity index (χ0) is 13.8. The van der Waals surface area contributed by atoms with Crippen LogP contribution < -0.4 is 0 Å². The summed E-state index contributed by atoms with van der Waals surface area (Å²) in [6, 6.07) is 9.65. The highest BCUT2D eigenvalue weighted by atomic mass is 16.5. The van der Waals surface area contributed by atoms with E-state index in [1.165, 1.54) is 0 Å². The van der Waals surface area contributed by atoms with Crippen LogP contribution in [0.3, 0.4) is 0 Å². The number of ether oxygens (including phenoxy) is 1. The average Bonchev–Trinajstić information content (AvgIpc) is 2.85. The molecule has 0 aliphatic heterocycles. The van der Waals surface area contributed by atoms with Crippen molar-refractivity contribution in [2.24, 2.45) is 0 Å². The molecule has 0 saturated heterocycles. The van der Waals surface area contributed by atoms with Crippen molar-refractivity contribution in [3.05, 3.63) is 41.6 Å². The zero-order valence-corrected chi connectivity index (χ0v) is 11.4. The topological polar surface area (TPSA) is 55.0 Å². The molecule has 0 saturated carbocycles. The van der Waals surface area contributed by atoms with Gasteiger partial charge in [-0.15, -0.1) is 0 Å². The Morgan fingerprint density at radius 2 is 2.00 bits per heavy atom. The molecule has 0 radical (unpaired) electrons. The molecule has 100 valence electrons. The fraction of sp³-hybridized carbons (Fsp3) is 0.333. The summed E-state index contributed by atoms with van der Waals surface area (Å²) in [7, 11) is 0. The molecule has 2 rings (SSSR count). The lowest BCUT2D eigenvalue weighted by Crippen LogP contribution is -2.09. The Hall–Kier alpha value is -2.10. The first-order valence-electron chi connectivity index (χ1n) is 6.46. The number of benzene rings is 1. The number of nitrogens with one attached hydrogen (secondary N) is 1. The van der Waals surface area contributed by atoms with Gasteiger partial charge in [0.25, 0.3) is 0 Å². The van der Waals surface area contributed by atoms with Crippen molar-refractivity contribution in [1.82, 2.24) is 10.2 Å². The number of esters is 1. The molecule has 4 nitrogen and oxygen atoms in total. The molecule has 0 aliphatic rings. The fourth-order valence-electron chi connectivity index (χ4n) is 1.99. The maximum Gasteiger partial charge on any atom is 0.342 e. The van der Waals surface area contributed by atoms with Gasteiger partial charge < -0.3 is 4.74 Å². The number of carbonyl (C=O) groups is 1. The van der Waals surface area contributed by atoms with Crippen molar-refractivity contribution in [2.75, 3.05) is 6.61 Å². The molecule has 0 spiro atoms. The summed E-state index contributed by atoms with van der Waals surface area (Å²) in [6.45, 7) is 6.20. The quantitative estimate of drug-likeness (QED) is 0.855. The highest BCUT2D eigenvalue weighted by Gasteiger charge is 2.23. The van der Waals surface area contributed by atoms with Crippen LogP contribution in [0, 0.1) is 0 Å². The molecule has 0 bridgehead atoms. The molecule has 0 aliphatic carbocycles. The van der Waals surface area contributed by atoms with E-state index in [0.717, 1.165) is 11.3 Å². The van der Waals surface area contributed by atoms with E-state index >= 15 is 0 Å². The van der Waals surface area contributed by atoms with E-state index in [9.17, 15) is 4.79 Å². The van der Waals surface area contributed by atoms with Crippen molar-refractivity contribution in [3.63, 3.8) is 0 Å². The smallest absolute Gasteiger partial charge is 0.342 e. The zero-order valence-electron chi connectivity index (χ0n) is 11.4. The lowest BCUT2D eigenvalue weighted by Gasteiger charge is -2.07. The van der Waals surface area contributed by atoms with E-state index in [1.807, 2.05) is 44.2 Å². The van der Waals surface area contributed by atoms with Crippen LogP contribution >= 0.6 is 0 Å². The van der Waals surface area contributed by atoms with Gasteiger partial charge in [-0.1, -0.05) is 44.2 Å². The Bertz CT molecular complexity index is 559. The van der Waals surface area contributed by atoms with E-state index in [4.69, 9.17) is 4.74 Å². The summed E-state index contributed by atoms with van der Waals surface area (Å²) < 4.78 is 5.14. The van der Waals surface area contributed by atoms with Gasteiger partial charge >= 0.3 is 5.97 Å². The van der Waals surface area contributed by atoms with Crippen LogP contribution in [0.2, 0.25) is 0 Å². The van der Waals surface area contributed by atoms with Crippen LogP contribution in [0.4, 0.5) is 0 Å². The number of hydrogen-bond acceptors (Lipinski definition) is 3. The average molecular weight is 258 g/mol. The summed E-state index contributed by atoms with van der Waals surface area (Å²) in [6.07, 6.45) is 0. The van der Waals surface area contributed by atoms with Gasteiger partial charge in [0.1, 0.15) is 11.3 Å². The highest BCUT2D eigenvalue weighted by molar-refractivity contribution is 5.97. The first kappa shape index (κ1) is 13.3. The van der Waals surface area contributed by atoms with Crippen molar-refractivity contribution < 1.29 is 9.53 Å². The molecule has 0 atom stereocenters. The maximum atomic E-state index is 12.1. The third-order valence-corrected chi connectivity index (χ3v) is 2.90. The minimum Gasteiger partial charge on any atom is -0.462 e. The van der Waals surface area contributed by atoms with Gasteiger partial charge in [-0.2, -0.15) is 5.10 Å². The van der Waals surface area contributed by atoms with E-state index in [0.29, 0.717) is 17.9 Å². The summed E-state index contributed by atoms with van der Waals surface area (Å²) >= 11 is 0. The first-order chi connectivity index (χ1) is 9.15. The number of H-pyrrole nitrogens is 1. The van der Waals surface area contributed by atoms with Crippen LogP contribution in [0.25, 0.3) is 11.3 Å². The molecule has 0 unspecified atom stereocenters. The Kier molecular flexibility index (Phi) is 4.00. The molecule has 0 fully saturated rings. The second-order valence-corrected chi connectivity index (χ2v) is 4.60. The summed E-state index contributed by atoms with van der Waals surface area (Å²) in [5.41, 5.74) is 2.93. The molecule has 2 aromatic rings. The predicted molar refractivity (Wildman–Crippen MR) is 74.1 cm³/mol. The molecule has 1 aromatic heterocycles. The molecule has 1 aromatic carbocycles. The molecule has 4 heteroatoms. The molecule has 0 amide bonds. The van der Waals surface area contributed by atoms with Crippen molar-refractivity contribution in [2.45, 2.75) is 26.7 Å². The van der Waals surface area contributed by atoms with Crippen molar-refractivity contribution in [3.8, 4) is 11.3 Å². The normalized spacial score (nSPS) is 10.7. The summed E-state index contributed by atoms with van der Waals surface area (Å²) in [5, 5.41) is 7.25. The van der Waals surface area contributed by atoms with Crippen molar-refractivity contribution >= 4 is 5.97 Å². The van der Waals surface area contributed by atoms with Gasteiger partial charge in [-0.25, -0.2) is 4.79 Å². The predicted octanol–water partition coefficient (Wildman–Crippen LogP) is 3.38. The Morgan fingerprint density at radius 3 is 2.58 bits per heavy atom. The standard InChI is InChI=1S/C15H18N2O2/c1-4-19-15(18)12-13(10(2)3)16-17-14(12)11-8-6-5-7-9-11/h5-10H,4H2,1-3H3,(H,16,17). The van der Waals surface area contributed by atoms with Gasteiger partial charge in [0, 0.05) is 5.56 Å². The van der Waals surface area contributed by atoms with Crippen molar-refractivity contribution in [1.29, 1.82) is 0 Å². The summed E-state index contributed by atoms with van der Waals surface area (Å²) in [4.78, 5) is 12.1. The molecule has 1 heterocycles. The Balaban J connectivity index is 2.53. The molecular formula is C15H18N2O2. The van der Waals surface area contributed by atoms with E-state index in [2.05, 4.69) is 10.2 Å². The number of nitrogens with zero attached hydrogens (tertiary/aromatic N) is 1. The Morgan fingerprint density at radius 1 is 1.32 bits per heavy atom. The summed E-state index contributed by atoms with van der Waals surface area (Å²) in [5.74, 6) is -0.136. The van der Waals surface area contributed by atoms with E-state index < -0.39 is 0 Å². The largest absolute Gasteiger partial charge is 0.462 e. The second-order valence-electron chi connectivity index (χ2n) is 4.60. The minimum absolute atomic E-state index is 0.185. The number of rotatable bonds is 4. The van der Waals surface area contributed by atoms with Crippen LogP contribution in [0.1, 0.15) is 42.7 Å².